The smallest absolute Gasteiger partial charge is 0.165 e. The number of ketones is 1. The molecule has 4 nitrogen and oxygen atoms in total. The third-order valence-corrected chi connectivity index (χ3v) is 4.05. The second-order valence-electron chi connectivity index (χ2n) is 5.37. The zero-order valence-electron chi connectivity index (χ0n) is 13.1. The van der Waals surface area contributed by atoms with Gasteiger partial charge in [-0.3, -0.25) is 4.79 Å². The zero-order valence-corrected chi connectivity index (χ0v) is 13.1. The van der Waals surface area contributed by atoms with E-state index >= 15 is 0 Å². The zero-order chi connectivity index (χ0) is 15.3. The quantitative estimate of drug-likeness (QED) is 0.686. The minimum atomic E-state index is -0.249. The van der Waals surface area contributed by atoms with Crippen molar-refractivity contribution in [1.29, 1.82) is 0 Å². The van der Waals surface area contributed by atoms with E-state index in [9.17, 15) is 4.79 Å². The lowest BCUT2D eigenvalue weighted by Crippen LogP contribution is -2.41. The van der Waals surface area contributed by atoms with Crippen LogP contribution < -0.4 is 9.47 Å². The van der Waals surface area contributed by atoms with Crippen molar-refractivity contribution in [2.45, 2.75) is 45.1 Å². The van der Waals surface area contributed by atoms with Gasteiger partial charge in [0.25, 0.3) is 0 Å². The van der Waals surface area contributed by atoms with Crippen molar-refractivity contribution in [3.05, 3.63) is 23.8 Å². The standard InChI is InChI=1S/C17H24O4/c1-4-20-15-8-7-13(11-16(15)21-5-2)14(18)12-17(19-3)9-6-10-17/h7-8,11H,4-6,9-10,12H2,1-3H3. The molecule has 0 amide bonds. The van der Waals surface area contributed by atoms with E-state index in [-0.39, 0.29) is 11.4 Å². The second-order valence-corrected chi connectivity index (χ2v) is 5.37. The number of hydrogen-bond donors (Lipinski definition) is 0. The summed E-state index contributed by atoms with van der Waals surface area (Å²) in [7, 11) is 1.69. The molecule has 1 fully saturated rings. The summed E-state index contributed by atoms with van der Waals surface area (Å²) >= 11 is 0. The second kappa shape index (κ2) is 6.94. The third-order valence-electron chi connectivity index (χ3n) is 4.05. The lowest BCUT2D eigenvalue weighted by molar-refractivity contribution is -0.0704. The van der Waals surface area contributed by atoms with E-state index in [0.29, 0.717) is 36.7 Å². The Kier molecular flexibility index (Phi) is 5.23. The van der Waals surface area contributed by atoms with Crippen LogP contribution >= 0.6 is 0 Å². The van der Waals surface area contributed by atoms with Crippen molar-refractivity contribution in [2.24, 2.45) is 0 Å². The minimum absolute atomic E-state index is 0.0977. The van der Waals surface area contributed by atoms with E-state index < -0.39 is 0 Å². The van der Waals surface area contributed by atoms with E-state index in [2.05, 4.69) is 0 Å². The Labute approximate surface area is 126 Å². The highest BCUT2D eigenvalue weighted by atomic mass is 16.5. The number of hydrogen-bond acceptors (Lipinski definition) is 4. The van der Waals surface area contributed by atoms with Gasteiger partial charge in [0.05, 0.1) is 18.8 Å². The Morgan fingerprint density at radius 3 is 2.33 bits per heavy atom. The van der Waals surface area contributed by atoms with Crippen molar-refractivity contribution in [2.75, 3.05) is 20.3 Å². The molecule has 1 aromatic rings. The number of ether oxygens (including phenoxy) is 3. The molecule has 2 rings (SSSR count). The number of Topliss-reactive ketones (excluding diaryl/α,β-unsaturated/α-hetero) is 1. The van der Waals surface area contributed by atoms with Gasteiger partial charge >= 0.3 is 0 Å². The third kappa shape index (κ3) is 3.56. The Morgan fingerprint density at radius 2 is 1.81 bits per heavy atom. The summed E-state index contributed by atoms with van der Waals surface area (Å²) in [6.45, 7) is 4.95. The summed E-state index contributed by atoms with van der Waals surface area (Å²) in [5.74, 6) is 1.41. The predicted molar refractivity (Wildman–Crippen MR) is 81.3 cm³/mol. The molecule has 21 heavy (non-hydrogen) atoms. The van der Waals surface area contributed by atoms with E-state index in [1.165, 1.54) is 0 Å². The molecule has 0 radical (unpaired) electrons. The van der Waals surface area contributed by atoms with Crippen LogP contribution in [0, 0.1) is 0 Å². The van der Waals surface area contributed by atoms with Crippen LogP contribution in [0.4, 0.5) is 0 Å². The average Bonchev–Trinajstić information content (AvgIpc) is 2.45. The van der Waals surface area contributed by atoms with Gasteiger partial charge in [-0.2, -0.15) is 0 Å². The SMILES string of the molecule is CCOc1ccc(C(=O)CC2(OC)CCC2)cc1OCC. The van der Waals surface area contributed by atoms with Crippen molar-refractivity contribution in [3.8, 4) is 11.5 Å². The minimum Gasteiger partial charge on any atom is -0.490 e. The number of rotatable bonds is 8. The van der Waals surface area contributed by atoms with Gasteiger partial charge < -0.3 is 14.2 Å². The van der Waals surface area contributed by atoms with Gasteiger partial charge in [-0.25, -0.2) is 0 Å². The molecular formula is C17H24O4. The number of methoxy groups -OCH3 is 1. The molecule has 0 heterocycles. The van der Waals surface area contributed by atoms with Crippen LogP contribution in [0.15, 0.2) is 18.2 Å². The molecule has 1 aliphatic carbocycles. The van der Waals surface area contributed by atoms with Crippen molar-refractivity contribution < 1.29 is 19.0 Å². The Bertz CT molecular complexity index is 486. The molecular weight excluding hydrogens is 268 g/mol. The molecule has 1 aromatic carbocycles. The Hall–Kier alpha value is -1.55. The van der Waals surface area contributed by atoms with Gasteiger partial charge in [0, 0.05) is 19.1 Å². The fraction of sp³-hybridized carbons (Fsp3) is 0.588. The van der Waals surface area contributed by atoms with Gasteiger partial charge in [0.1, 0.15) is 0 Å². The van der Waals surface area contributed by atoms with Gasteiger partial charge in [-0.15, -0.1) is 0 Å². The Balaban J connectivity index is 2.15. The molecule has 0 bridgehead atoms. The maximum Gasteiger partial charge on any atom is 0.165 e. The van der Waals surface area contributed by atoms with Gasteiger partial charge in [0.2, 0.25) is 0 Å². The van der Waals surface area contributed by atoms with Crippen LogP contribution in [0.2, 0.25) is 0 Å². The fourth-order valence-electron chi connectivity index (χ4n) is 2.64. The first kappa shape index (κ1) is 15.8. The number of carbonyl (C=O) groups excluding carboxylic acids is 1. The molecule has 0 unspecified atom stereocenters. The van der Waals surface area contributed by atoms with Gasteiger partial charge in [-0.1, -0.05) is 0 Å². The molecule has 0 N–H and O–H groups in total. The topological polar surface area (TPSA) is 44.8 Å². The highest BCUT2D eigenvalue weighted by Gasteiger charge is 2.39. The summed E-state index contributed by atoms with van der Waals surface area (Å²) in [4.78, 5) is 12.5. The van der Waals surface area contributed by atoms with Crippen LogP contribution in [-0.2, 0) is 4.74 Å². The molecule has 0 atom stereocenters. The predicted octanol–water partition coefficient (Wildman–Crippen LogP) is 3.63. The summed E-state index contributed by atoms with van der Waals surface area (Å²) in [6, 6.07) is 5.39. The molecule has 1 saturated carbocycles. The average molecular weight is 292 g/mol. The molecule has 0 aliphatic heterocycles. The molecule has 0 spiro atoms. The van der Waals surface area contributed by atoms with Crippen LogP contribution in [0.1, 0.15) is 49.9 Å². The van der Waals surface area contributed by atoms with Gasteiger partial charge in [0.15, 0.2) is 17.3 Å². The lowest BCUT2D eigenvalue weighted by atomic mass is 9.76. The first-order valence-corrected chi connectivity index (χ1v) is 7.62. The maximum atomic E-state index is 12.5. The normalized spacial score (nSPS) is 16.1. The van der Waals surface area contributed by atoms with Crippen molar-refractivity contribution in [3.63, 3.8) is 0 Å². The molecule has 0 saturated heterocycles. The summed E-state index contributed by atoms with van der Waals surface area (Å²) in [6.07, 6.45) is 3.49. The molecule has 0 aromatic heterocycles. The molecule has 1 aliphatic rings. The van der Waals surface area contributed by atoms with Crippen LogP contribution in [0.5, 0.6) is 11.5 Å². The number of benzene rings is 1. The van der Waals surface area contributed by atoms with Crippen molar-refractivity contribution >= 4 is 5.78 Å². The van der Waals surface area contributed by atoms with E-state index in [4.69, 9.17) is 14.2 Å². The van der Waals surface area contributed by atoms with Crippen LogP contribution in [-0.4, -0.2) is 31.7 Å². The number of carbonyl (C=O) groups is 1. The Morgan fingerprint density at radius 1 is 1.14 bits per heavy atom. The maximum absolute atomic E-state index is 12.5. The van der Waals surface area contributed by atoms with Crippen LogP contribution in [0.25, 0.3) is 0 Å². The first-order chi connectivity index (χ1) is 10.1. The monoisotopic (exact) mass is 292 g/mol. The highest BCUT2D eigenvalue weighted by molar-refractivity contribution is 5.97. The summed E-state index contributed by atoms with van der Waals surface area (Å²) in [5.41, 5.74) is 0.409. The van der Waals surface area contributed by atoms with Crippen molar-refractivity contribution in [1.82, 2.24) is 0 Å². The van der Waals surface area contributed by atoms with Gasteiger partial charge in [-0.05, 0) is 51.3 Å². The molecule has 116 valence electrons. The van der Waals surface area contributed by atoms with E-state index in [0.717, 1.165) is 19.3 Å². The molecule has 4 heteroatoms. The van der Waals surface area contributed by atoms with E-state index in [1.807, 2.05) is 19.9 Å². The van der Waals surface area contributed by atoms with Crippen LogP contribution in [0.3, 0.4) is 0 Å². The lowest BCUT2D eigenvalue weighted by Gasteiger charge is -2.40. The van der Waals surface area contributed by atoms with E-state index in [1.54, 1.807) is 19.2 Å². The highest BCUT2D eigenvalue weighted by Crippen LogP contribution is 2.39. The summed E-state index contributed by atoms with van der Waals surface area (Å²) in [5, 5.41) is 0. The summed E-state index contributed by atoms with van der Waals surface area (Å²) < 4.78 is 16.6. The fourth-order valence-corrected chi connectivity index (χ4v) is 2.64. The largest absolute Gasteiger partial charge is 0.490 e. The first-order valence-electron chi connectivity index (χ1n) is 7.62.